The minimum Gasteiger partial charge on any atom is -0.377 e. The summed E-state index contributed by atoms with van der Waals surface area (Å²) in [4.78, 5) is 11.2. The van der Waals surface area contributed by atoms with Gasteiger partial charge in [0.1, 0.15) is 5.82 Å². The van der Waals surface area contributed by atoms with Gasteiger partial charge in [-0.1, -0.05) is 6.92 Å². The maximum Gasteiger partial charge on any atom is 0.224 e. The number of hydrogen-bond donors (Lipinski definition) is 1. The molecule has 0 bridgehead atoms. The molecule has 1 aromatic rings. The van der Waals surface area contributed by atoms with Crippen LogP contribution >= 0.6 is 15.9 Å². The van der Waals surface area contributed by atoms with Crippen LogP contribution in [0.3, 0.4) is 0 Å². The lowest BCUT2D eigenvalue weighted by molar-refractivity contribution is 0.0820. The van der Waals surface area contributed by atoms with Crippen LogP contribution in [0, 0.1) is 0 Å². The Bertz CT molecular complexity index is 416. The Morgan fingerprint density at radius 1 is 1.58 bits per heavy atom. The third-order valence-corrected chi connectivity index (χ3v) is 3.57. The van der Waals surface area contributed by atoms with Crippen LogP contribution in [0.4, 0.5) is 11.8 Å². The van der Waals surface area contributed by atoms with E-state index in [2.05, 4.69) is 50.0 Å². The Hall–Kier alpha value is -0.880. The van der Waals surface area contributed by atoms with Gasteiger partial charge < -0.3 is 15.0 Å². The second-order valence-electron chi connectivity index (χ2n) is 4.77. The fourth-order valence-corrected chi connectivity index (χ4v) is 2.53. The lowest BCUT2D eigenvalue weighted by Crippen LogP contribution is -2.31. The molecule has 0 spiro atoms. The average Bonchev–Trinajstić information content (AvgIpc) is 2.62. The molecule has 0 aromatic carbocycles. The molecular weight excluding hydrogens is 308 g/mol. The van der Waals surface area contributed by atoms with Gasteiger partial charge in [0.2, 0.25) is 5.95 Å². The van der Waals surface area contributed by atoms with E-state index in [1.165, 1.54) is 0 Å². The van der Waals surface area contributed by atoms with Crippen molar-refractivity contribution in [2.45, 2.75) is 32.8 Å². The molecule has 1 N–H and O–H groups in total. The Labute approximate surface area is 122 Å². The highest BCUT2D eigenvalue weighted by Gasteiger charge is 2.19. The zero-order valence-corrected chi connectivity index (χ0v) is 13.1. The summed E-state index contributed by atoms with van der Waals surface area (Å²) in [6.45, 7) is 7.77. The normalized spacial score (nSPS) is 20.2. The SMILES string of the molecule is CCCNc1ncc(Br)c(N2CCCOC(C)C2)n1. The predicted octanol–water partition coefficient (Wildman–Crippen LogP) is 2.68. The van der Waals surface area contributed by atoms with Gasteiger partial charge >= 0.3 is 0 Å². The van der Waals surface area contributed by atoms with E-state index < -0.39 is 0 Å². The molecule has 6 heteroatoms. The van der Waals surface area contributed by atoms with Crippen molar-refractivity contribution in [1.82, 2.24) is 9.97 Å². The summed E-state index contributed by atoms with van der Waals surface area (Å²) in [7, 11) is 0. The summed E-state index contributed by atoms with van der Waals surface area (Å²) >= 11 is 3.54. The first kappa shape index (κ1) is 14.5. The van der Waals surface area contributed by atoms with E-state index in [0.717, 1.165) is 49.4 Å². The van der Waals surface area contributed by atoms with E-state index >= 15 is 0 Å². The molecule has 2 rings (SSSR count). The highest BCUT2D eigenvalue weighted by atomic mass is 79.9. The molecule has 0 amide bonds. The summed E-state index contributed by atoms with van der Waals surface area (Å²) in [5.74, 6) is 1.64. The summed E-state index contributed by atoms with van der Waals surface area (Å²) in [5, 5.41) is 3.23. The predicted molar refractivity (Wildman–Crippen MR) is 80.8 cm³/mol. The lowest BCUT2D eigenvalue weighted by Gasteiger charge is -2.24. The molecule has 5 nitrogen and oxygen atoms in total. The van der Waals surface area contributed by atoms with Crippen molar-refractivity contribution in [1.29, 1.82) is 0 Å². The molecule has 2 heterocycles. The smallest absolute Gasteiger partial charge is 0.224 e. The number of ether oxygens (including phenoxy) is 1. The molecular formula is C13H21BrN4O. The summed E-state index contributed by atoms with van der Waals surface area (Å²) in [6, 6.07) is 0. The van der Waals surface area contributed by atoms with E-state index in [0.29, 0.717) is 5.95 Å². The van der Waals surface area contributed by atoms with Crippen LogP contribution in [-0.4, -0.2) is 42.3 Å². The monoisotopic (exact) mass is 328 g/mol. The molecule has 106 valence electrons. The van der Waals surface area contributed by atoms with Crippen LogP contribution < -0.4 is 10.2 Å². The van der Waals surface area contributed by atoms with Crippen molar-refractivity contribution < 1.29 is 4.74 Å². The number of nitrogens with zero attached hydrogens (tertiary/aromatic N) is 3. The van der Waals surface area contributed by atoms with Crippen LogP contribution in [0.1, 0.15) is 26.7 Å². The second kappa shape index (κ2) is 7.05. The number of hydrogen-bond acceptors (Lipinski definition) is 5. The summed E-state index contributed by atoms with van der Waals surface area (Å²) in [5.41, 5.74) is 0. The zero-order chi connectivity index (χ0) is 13.7. The van der Waals surface area contributed by atoms with Gasteiger partial charge in [-0.15, -0.1) is 0 Å². The minimum absolute atomic E-state index is 0.233. The van der Waals surface area contributed by atoms with Crippen molar-refractivity contribution in [3.63, 3.8) is 0 Å². The molecule has 19 heavy (non-hydrogen) atoms. The van der Waals surface area contributed by atoms with Crippen LogP contribution in [0.25, 0.3) is 0 Å². The van der Waals surface area contributed by atoms with Gasteiger partial charge in [0.15, 0.2) is 0 Å². The third kappa shape index (κ3) is 4.04. The van der Waals surface area contributed by atoms with Gasteiger partial charge in [0, 0.05) is 32.4 Å². The van der Waals surface area contributed by atoms with Crippen molar-refractivity contribution in [3.05, 3.63) is 10.7 Å². The maximum absolute atomic E-state index is 5.67. The minimum atomic E-state index is 0.233. The van der Waals surface area contributed by atoms with Crippen molar-refractivity contribution >= 4 is 27.7 Å². The topological polar surface area (TPSA) is 50.3 Å². The van der Waals surface area contributed by atoms with Gasteiger partial charge in [-0.3, -0.25) is 0 Å². The maximum atomic E-state index is 5.67. The number of anilines is 2. The molecule has 0 saturated carbocycles. The van der Waals surface area contributed by atoms with Crippen molar-refractivity contribution in [2.75, 3.05) is 36.5 Å². The summed E-state index contributed by atoms with van der Waals surface area (Å²) in [6.07, 6.45) is 4.13. The number of rotatable bonds is 4. The fourth-order valence-electron chi connectivity index (χ4n) is 2.09. The first-order valence-corrected chi connectivity index (χ1v) is 7.63. The van der Waals surface area contributed by atoms with Gasteiger partial charge in [0.25, 0.3) is 0 Å². The summed E-state index contributed by atoms with van der Waals surface area (Å²) < 4.78 is 6.61. The third-order valence-electron chi connectivity index (χ3n) is 3.01. The molecule has 1 fully saturated rings. The lowest BCUT2D eigenvalue weighted by atomic mass is 10.3. The van der Waals surface area contributed by atoms with Gasteiger partial charge in [-0.25, -0.2) is 4.98 Å². The number of aromatic nitrogens is 2. The van der Waals surface area contributed by atoms with Crippen molar-refractivity contribution in [3.8, 4) is 0 Å². The van der Waals surface area contributed by atoms with E-state index in [1.54, 1.807) is 0 Å². The number of nitrogens with one attached hydrogen (secondary N) is 1. The zero-order valence-electron chi connectivity index (χ0n) is 11.5. The average molecular weight is 329 g/mol. The van der Waals surface area contributed by atoms with Gasteiger partial charge in [0.05, 0.1) is 10.6 Å². The molecule has 1 atom stereocenters. The molecule has 1 aliphatic heterocycles. The fraction of sp³-hybridized carbons (Fsp3) is 0.692. The molecule has 1 aliphatic rings. The van der Waals surface area contributed by atoms with E-state index in [4.69, 9.17) is 4.74 Å². The molecule has 0 radical (unpaired) electrons. The van der Waals surface area contributed by atoms with Crippen LogP contribution in [0.15, 0.2) is 10.7 Å². The molecule has 1 aromatic heterocycles. The first-order chi connectivity index (χ1) is 9.20. The molecule has 1 unspecified atom stereocenters. The highest BCUT2D eigenvalue weighted by Crippen LogP contribution is 2.25. The van der Waals surface area contributed by atoms with Crippen molar-refractivity contribution in [2.24, 2.45) is 0 Å². The largest absolute Gasteiger partial charge is 0.377 e. The Balaban J connectivity index is 2.16. The molecule has 1 saturated heterocycles. The van der Waals surface area contributed by atoms with E-state index in [1.807, 2.05) is 6.20 Å². The highest BCUT2D eigenvalue weighted by molar-refractivity contribution is 9.10. The van der Waals surface area contributed by atoms with E-state index in [-0.39, 0.29) is 6.10 Å². The first-order valence-electron chi connectivity index (χ1n) is 6.83. The number of halogens is 1. The van der Waals surface area contributed by atoms with Crippen LogP contribution in [0.2, 0.25) is 0 Å². The van der Waals surface area contributed by atoms with Gasteiger partial charge in [-0.05, 0) is 35.7 Å². The second-order valence-corrected chi connectivity index (χ2v) is 5.63. The van der Waals surface area contributed by atoms with Gasteiger partial charge in [-0.2, -0.15) is 4.98 Å². The Kier molecular flexibility index (Phi) is 5.39. The van der Waals surface area contributed by atoms with Crippen LogP contribution in [-0.2, 0) is 4.74 Å². The standard InChI is InChI=1S/C13H21BrN4O/c1-3-5-15-13-16-8-11(14)12(17-13)18-6-4-7-19-10(2)9-18/h8,10H,3-7,9H2,1-2H3,(H,15,16,17). The Morgan fingerprint density at radius 3 is 3.21 bits per heavy atom. The Morgan fingerprint density at radius 2 is 2.42 bits per heavy atom. The van der Waals surface area contributed by atoms with E-state index in [9.17, 15) is 0 Å². The molecule has 0 aliphatic carbocycles. The quantitative estimate of drug-likeness (QED) is 0.920. The van der Waals surface area contributed by atoms with Crippen LogP contribution in [0.5, 0.6) is 0 Å².